The van der Waals surface area contributed by atoms with Crippen molar-refractivity contribution in [1.82, 2.24) is 4.90 Å². The van der Waals surface area contributed by atoms with Crippen molar-refractivity contribution in [3.05, 3.63) is 23.3 Å². The van der Waals surface area contributed by atoms with Gasteiger partial charge in [-0.15, -0.1) is 0 Å². The topological polar surface area (TPSA) is 21.7 Å². The van der Waals surface area contributed by atoms with Crippen LogP contribution in [0.2, 0.25) is 0 Å². The van der Waals surface area contributed by atoms with Gasteiger partial charge in [-0.25, -0.2) is 0 Å². The maximum atomic E-state index is 5.44. The molecule has 17 heavy (non-hydrogen) atoms. The van der Waals surface area contributed by atoms with Crippen molar-refractivity contribution in [2.24, 2.45) is 0 Å². The monoisotopic (exact) mass is 233 g/mol. The van der Waals surface area contributed by atoms with Crippen LogP contribution in [0.5, 0.6) is 11.5 Å². The second-order valence-corrected chi connectivity index (χ2v) is 5.82. The molecule has 0 fully saturated rings. The molecule has 92 valence electrons. The van der Waals surface area contributed by atoms with Crippen molar-refractivity contribution in [1.29, 1.82) is 0 Å². The molecule has 0 spiro atoms. The summed E-state index contributed by atoms with van der Waals surface area (Å²) in [6.45, 7) is 9.30. The Morgan fingerprint density at radius 1 is 1.06 bits per heavy atom. The first-order valence-corrected chi connectivity index (χ1v) is 6.20. The molecule has 0 radical (unpaired) electrons. The second-order valence-electron chi connectivity index (χ2n) is 5.82. The van der Waals surface area contributed by atoms with Crippen LogP contribution in [-0.2, 0) is 13.0 Å². The zero-order valence-electron chi connectivity index (χ0n) is 10.7. The molecule has 0 amide bonds. The SMILES string of the molecule is CC(C)(C)N1CCc2cc3c(cc2C1)OCO3. The minimum atomic E-state index is 0.230. The summed E-state index contributed by atoms with van der Waals surface area (Å²) in [5.41, 5.74) is 3.03. The van der Waals surface area contributed by atoms with Crippen LogP contribution in [0.4, 0.5) is 0 Å². The Morgan fingerprint density at radius 3 is 2.35 bits per heavy atom. The van der Waals surface area contributed by atoms with Crippen LogP contribution in [0.1, 0.15) is 31.9 Å². The highest BCUT2D eigenvalue weighted by Crippen LogP contribution is 2.37. The van der Waals surface area contributed by atoms with Gasteiger partial charge in [0.2, 0.25) is 6.79 Å². The maximum Gasteiger partial charge on any atom is 0.231 e. The molecular formula is C14H19NO2. The molecule has 0 bridgehead atoms. The predicted octanol–water partition coefficient (Wildman–Crippen LogP) is 2.57. The van der Waals surface area contributed by atoms with Crippen LogP contribution >= 0.6 is 0 Å². The number of fused-ring (bicyclic) bond motifs is 2. The molecule has 0 unspecified atom stereocenters. The third kappa shape index (κ3) is 1.89. The van der Waals surface area contributed by atoms with E-state index >= 15 is 0 Å². The lowest BCUT2D eigenvalue weighted by Crippen LogP contribution is -2.44. The Bertz CT molecular complexity index is 448. The van der Waals surface area contributed by atoms with E-state index in [2.05, 4.69) is 37.8 Å². The van der Waals surface area contributed by atoms with Crippen LogP contribution < -0.4 is 9.47 Å². The smallest absolute Gasteiger partial charge is 0.231 e. The van der Waals surface area contributed by atoms with Crippen LogP contribution in [0.25, 0.3) is 0 Å². The van der Waals surface area contributed by atoms with Crippen molar-refractivity contribution in [3.8, 4) is 11.5 Å². The lowest BCUT2D eigenvalue weighted by Gasteiger charge is -2.39. The van der Waals surface area contributed by atoms with E-state index in [4.69, 9.17) is 9.47 Å². The Labute approximate surface area is 102 Å². The Balaban J connectivity index is 1.92. The summed E-state index contributed by atoms with van der Waals surface area (Å²) in [6, 6.07) is 4.30. The summed E-state index contributed by atoms with van der Waals surface area (Å²) >= 11 is 0. The summed E-state index contributed by atoms with van der Waals surface area (Å²) in [6.07, 6.45) is 1.10. The number of benzene rings is 1. The molecule has 2 aliphatic rings. The quantitative estimate of drug-likeness (QED) is 0.687. The summed E-state index contributed by atoms with van der Waals surface area (Å²) in [7, 11) is 0. The zero-order chi connectivity index (χ0) is 12.0. The summed E-state index contributed by atoms with van der Waals surface area (Å²) in [4.78, 5) is 2.51. The molecule has 0 aromatic heterocycles. The van der Waals surface area contributed by atoms with Crippen molar-refractivity contribution in [3.63, 3.8) is 0 Å². The highest BCUT2D eigenvalue weighted by atomic mass is 16.7. The largest absolute Gasteiger partial charge is 0.454 e. The van der Waals surface area contributed by atoms with Gasteiger partial charge in [-0.2, -0.15) is 0 Å². The fourth-order valence-electron chi connectivity index (χ4n) is 2.52. The Kier molecular flexibility index (Phi) is 2.33. The van der Waals surface area contributed by atoms with E-state index in [0.29, 0.717) is 6.79 Å². The molecule has 0 atom stereocenters. The van der Waals surface area contributed by atoms with E-state index in [1.807, 2.05) is 0 Å². The molecule has 2 aliphatic heterocycles. The molecule has 0 saturated carbocycles. The van der Waals surface area contributed by atoms with Gasteiger partial charge in [0.1, 0.15) is 0 Å². The molecule has 0 N–H and O–H groups in total. The second kappa shape index (κ2) is 3.64. The highest BCUT2D eigenvalue weighted by molar-refractivity contribution is 5.49. The number of hydrogen-bond acceptors (Lipinski definition) is 3. The Morgan fingerprint density at radius 2 is 1.71 bits per heavy atom. The molecule has 1 aromatic carbocycles. The average molecular weight is 233 g/mol. The van der Waals surface area contributed by atoms with E-state index in [9.17, 15) is 0 Å². The summed E-state index contributed by atoms with van der Waals surface area (Å²) in [5, 5.41) is 0. The van der Waals surface area contributed by atoms with E-state index < -0.39 is 0 Å². The predicted molar refractivity (Wildman–Crippen MR) is 66.4 cm³/mol. The van der Waals surface area contributed by atoms with Gasteiger partial charge >= 0.3 is 0 Å². The third-order valence-electron chi connectivity index (χ3n) is 3.66. The van der Waals surface area contributed by atoms with Crippen molar-refractivity contribution in [2.75, 3.05) is 13.3 Å². The molecule has 0 saturated heterocycles. The van der Waals surface area contributed by atoms with Gasteiger partial charge in [-0.05, 0) is 50.5 Å². The number of ether oxygens (including phenoxy) is 2. The van der Waals surface area contributed by atoms with Gasteiger partial charge in [-0.1, -0.05) is 0 Å². The van der Waals surface area contributed by atoms with Crippen LogP contribution in [0, 0.1) is 0 Å². The average Bonchev–Trinajstić information content (AvgIpc) is 2.70. The van der Waals surface area contributed by atoms with Gasteiger partial charge < -0.3 is 9.47 Å². The first kappa shape index (κ1) is 10.9. The molecule has 3 nitrogen and oxygen atoms in total. The summed E-state index contributed by atoms with van der Waals surface area (Å²) in [5.74, 6) is 1.81. The maximum absolute atomic E-state index is 5.44. The van der Waals surface area contributed by atoms with Crippen LogP contribution in [0.15, 0.2) is 12.1 Å². The fourth-order valence-corrected chi connectivity index (χ4v) is 2.52. The first-order valence-electron chi connectivity index (χ1n) is 6.20. The number of nitrogens with zero attached hydrogens (tertiary/aromatic N) is 1. The molecule has 3 rings (SSSR count). The normalized spacial score (nSPS) is 19.2. The fraction of sp³-hybridized carbons (Fsp3) is 0.571. The molecule has 1 aromatic rings. The van der Waals surface area contributed by atoms with E-state index in [-0.39, 0.29) is 5.54 Å². The van der Waals surface area contributed by atoms with Crippen LogP contribution in [-0.4, -0.2) is 23.8 Å². The van der Waals surface area contributed by atoms with Crippen molar-refractivity contribution < 1.29 is 9.47 Å². The van der Waals surface area contributed by atoms with Gasteiger partial charge in [0.15, 0.2) is 11.5 Å². The molecule has 3 heteroatoms. The van der Waals surface area contributed by atoms with E-state index in [1.165, 1.54) is 11.1 Å². The molecular weight excluding hydrogens is 214 g/mol. The van der Waals surface area contributed by atoms with Gasteiger partial charge in [-0.3, -0.25) is 4.90 Å². The zero-order valence-corrected chi connectivity index (χ0v) is 10.7. The molecule has 0 aliphatic carbocycles. The van der Waals surface area contributed by atoms with Gasteiger partial charge in [0.05, 0.1) is 0 Å². The van der Waals surface area contributed by atoms with E-state index in [1.54, 1.807) is 0 Å². The van der Waals surface area contributed by atoms with E-state index in [0.717, 1.165) is 31.0 Å². The Hall–Kier alpha value is -1.22. The standard InChI is InChI=1S/C14H19NO2/c1-14(2,3)15-5-4-10-6-12-13(17-9-16-12)7-11(10)8-15/h6-7H,4-5,8-9H2,1-3H3. The van der Waals surface area contributed by atoms with Crippen molar-refractivity contribution >= 4 is 0 Å². The molecule has 2 heterocycles. The lowest BCUT2D eigenvalue weighted by atomic mass is 9.94. The number of rotatable bonds is 0. The van der Waals surface area contributed by atoms with Crippen LogP contribution in [0.3, 0.4) is 0 Å². The first-order chi connectivity index (χ1) is 8.04. The number of hydrogen-bond donors (Lipinski definition) is 0. The highest BCUT2D eigenvalue weighted by Gasteiger charge is 2.27. The minimum Gasteiger partial charge on any atom is -0.454 e. The minimum absolute atomic E-state index is 0.230. The summed E-state index contributed by atoms with van der Waals surface area (Å²) < 4.78 is 10.9. The van der Waals surface area contributed by atoms with Gasteiger partial charge in [0.25, 0.3) is 0 Å². The van der Waals surface area contributed by atoms with Crippen molar-refractivity contribution in [2.45, 2.75) is 39.3 Å². The van der Waals surface area contributed by atoms with Gasteiger partial charge in [0, 0.05) is 18.6 Å². The lowest BCUT2D eigenvalue weighted by molar-refractivity contribution is 0.120. The third-order valence-corrected chi connectivity index (χ3v) is 3.66.